The third-order valence-corrected chi connectivity index (χ3v) is 2.63. The maximum atomic E-state index is 10.9. The lowest BCUT2D eigenvalue weighted by atomic mass is 9.97. The lowest BCUT2D eigenvalue weighted by Gasteiger charge is -2.13. The number of hydrogen-bond donors (Lipinski definition) is 2. The van der Waals surface area contributed by atoms with Crippen LogP contribution in [0, 0.1) is 0 Å². The van der Waals surface area contributed by atoms with Crippen molar-refractivity contribution in [1.29, 1.82) is 0 Å². The van der Waals surface area contributed by atoms with Crippen molar-refractivity contribution in [3.05, 3.63) is 23.3 Å². The Labute approximate surface area is 92.8 Å². The molecule has 1 unspecified atom stereocenters. The maximum absolute atomic E-state index is 10.9. The summed E-state index contributed by atoms with van der Waals surface area (Å²) in [5.41, 5.74) is 7.01. The number of carboxylic acids is 1. The molecule has 0 amide bonds. The number of fused-ring (bicyclic) bond motifs is 1. The summed E-state index contributed by atoms with van der Waals surface area (Å²) >= 11 is 0. The highest BCUT2D eigenvalue weighted by Gasteiger charge is 2.24. The Morgan fingerprint density at radius 1 is 1.56 bits per heavy atom. The van der Waals surface area contributed by atoms with Crippen molar-refractivity contribution >= 4 is 5.97 Å². The SMILES string of the molecule is CCc1c(C(N)C(=O)O)ccc2c1OCO2. The van der Waals surface area contributed by atoms with Crippen LogP contribution in [-0.2, 0) is 11.2 Å². The van der Waals surface area contributed by atoms with Crippen LogP contribution in [0.4, 0.5) is 0 Å². The second kappa shape index (κ2) is 4.02. The summed E-state index contributed by atoms with van der Waals surface area (Å²) in [6.45, 7) is 2.10. The monoisotopic (exact) mass is 223 g/mol. The first kappa shape index (κ1) is 10.8. The average molecular weight is 223 g/mol. The van der Waals surface area contributed by atoms with Crippen LogP contribution in [0.5, 0.6) is 11.5 Å². The normalized spacial score (nSPS) is 14.9. The van der Waals surface area contributed by atoms with Gasteiger partial charge in [-0.05, 0) is 18.1 Å². The second-order valence-electron chi connectivity index (χ2n) is 3.54. The van der Waals surface area contributed by atoms with Gasteiger partial charge in [-0.1, -0.05) is 13.0 Å². The second-order valence-corrected chi connectivity index (χ2v) is 3.54. The van der Waals surface area contributed by atoms with Crippen LogP contribution in [0.2, 0.25) is 0 Å². The third kappa shape index (κ3) is 1.59. The average Bonchev–Trinajstić information content (AvgIpc) is 2.74. The van der Waals surface area contributed by atoms with Gasteiger partial charge in [-0.2, -0.15) is 0 Å². The Hall–Kier alpha value is -1.75. The predicted molar refractivity (Wildman–Crippen MR) is 56.5 cm³/mol. The summed E-state index contributed by atoms with van der Waals surface area (Å²) in [5, 5.41) is 8.91. The fourth-order valence-corrected chi connectivity index (χ4v) is 1.83. The molecule has 2 rings (SSSR count). The Morgan fingerprint density at radius 2 is 2.31 bits per heavy atom. The van der Waals surface area contributed by atoms with E-state index in [0.717, 1.165) is 5.56 Å². The molecule has 1 aliphatic heterocycles. The topological polar surface area (TPSA) is 81.8 Å². The molecule has 0 saturated heterocycles. The minimum atomic E-state index is -1.05. The first-order chi connectivity index (χ1) is 7.65. The van der Waals surface area contributed by atoms with E-state index in [9.17, 15) is 4.79 Å². The van der Waals surface area contributed by atoms with Crippen molar-refractivity contribution in [3.63, 3.8) is 0 Å². The fourth-order valence-electron chi connectivity index (χ4n) is 1.83. The zero-order valence-electron chi connectivity index (χ0n) is 8.90. The number of carbonyl (C=O) groups is 1. The summed E-state index contributed by atoms with van der Waals surface area (Å²) < 4.78 is 10.5. The summed E-state index contributed by atoms with van der Waals surface area (Å²) in [7, 11) is 0. The van der Waals surface area contributed by atoms with Crippen LogP contribution in [0.3, 0.4) is 0 Å². The Morgan fingerprint density at radius 3 is 2.94 bits per heavy atom. The van der Waals surface area contributed by atoms with E-state index in [0.29, 0.717) is 23.5 Å². The first-order valence-corrected chi connectivity index (χ1v) is 5.05. The summed E-state index contributed by atoms with van der Waals surface area (Å²) in [5.74, 6) is 0.225. The molecule has 3 N–H and O–H groups in total. The van der Waals surface area contributed by atoms with Gasteiger partial charge in [0.05, 0.1) is 0 Å². The molecule has 86 valence electrons. The van der Waals surface area contributed by atoms with Crippen molar-refractivity contribution in [2.24, 2.45) is 5.73 Å². The molecule has 0 aromatic heterocycles. The van der Waals surface area contributed by atoms with Gasteiger partial charge in [0.15, 0.2) is 11.5 Å². The van der Waals surface area contributed by atoms with Gasteiger partial charge >= 0.3 is 5.97 Å². The summed E-state index contributed by atoms with van der Waals surface area (Å²) in [4.78, 5) is 10.9. The zero-order valence-corrected chi connectivity index (χ0v) is 8.90. The number of benzene rings is 1. The Bertz CT molecular complexity index is 430. The van der Waals surface area contributed by atoms with Gasteiger partial charge in [-0.3, -0.25) is 4.79 Å². The summed E-state index contributed by atoms with van der Waals surface area (Å²) in [6, 6.07) is 2.36. The van der Waals surface area contributed by atoms with Gasteiger partial charge in [0.25, 0.3) is 0 Å². The van der Waals surface area contributed by atoms with Crippen LogP contribution in [-0.4, -0.2) is 17.9 Å². The zero-order chi connectivity index (χ0) is 11.7. The van der Waals surface area contributed by atoms with E-state index in [-0.39, 0.29) is 6.79 Å². The largest absolute Gasteiger partial charge is 0.480 e. The van der Waals surface area contributed by atoms with Crippen LogP contribution in [0.25, 0.3) is 0 Å². The Kier molecular flexibility index (Phi) is 2.70. The predicted octanol–water partition coefficient (Wildman–Crippen LogP) is 1.06. The molecular weight excluding hydrogens is 210 g/mol. The number of nitrogens with two attached hydrogens (primary N) is 1. The minimum Gasteiger partial charge on any atom is -0.480 e. The molecule has 16 heavy (non-hydrogen) atoms. The van der Waals surface area contributed by atoms with E-state index in [1.807, 2.05) is 6.92 Å². The highest BCUT2D eigenvalue weighted by molar-refractivity contribution is 5.76. The van der Waals surface area contributed by atoms with Crippen molar-refractivity contribution in [1.82, 2.24) is 0 Å². The highest BCUT2D eigenvalue weighted by atomic mass is 16.7. The van der Waals surface area contributed by atoms with Crippen LogP contribution in [0.1, 0.15) is 24.1 Å². The number of ether oxygens (including phenoxy) is 2. The summed E-state index contributed by atoms with van der Waals surface area (Å²) in [6.07, 6.45) is 0.656. The van der Waals surface area contributed by atoms with E-state index in [1.54, 1.807) is 12.1 Å². The minimum absolute atomic E-state index is 0.175. The molecule has 1 atom stereocenters. The van der Waals surface area contributed by atoms with E-state index in [4.69, 9.17) is 20.3 Å². The van der Waals surface area contributed by atoms with Gasteiger partial charge in [-0.15, -0.1) is 0 Å². The molecule has 1 aliphatic rings. The fraction of sp³-hybridized carbons (Fsp3) is 0.364. The molecule has 1 heterocycles. The molecule has 1 aromatic carbocycles. The standard InChI is InChI=1S/C11H13NO4/c1-2-6-7(9(12)11(13)14)3-4-8-10(6)16-5-15-8/h3-4,9H,2,5,12H2,1H3,(H,13,14). The number of aliphatic carboxylic acids is 1. The molecule has 1 aromatic rings. The van der Waals surface area contributed by atoms with E-state index in [2.05, 4.69) is 0 Å². The molecule has 0 radical (unpaired) electrons. The molecule has 0 saturated carbocycles. The quantitative estimate of drug-likeness (QED) is 0.800. The van der Waals surface area contributed by atoms with Crippen LogP contribution >= 0.6 is 0 Å². The van der Waals surface area contributed by atoms with Crippen molar-refractivity contribution < 1.29 is 19.4 Å². The van der Waals surface area contributed by atoms with Gasteiger partial charge in [0.1, 0.15) is 6.04 Å². The third-order valence-electron chi connectivity index (χ3n) is 2.63. The van der Waals surface area contributed by atoms with Crippen molar-refractivity contribution in [2.75, 3.05) is 6.79 Å². The number of carboxylic acid groups (broad SMARTS) is 1. The lowest BCUT2D eigenvalue weighted by molar-refractivity contribution is -0.138. The van der Waals surface area contributed by atoms with E-state index in [1.165, 1.54) is 0 Å². The molecule has 0 aliphatic carbocycles. The van der Waals surface area contributed by atoms with Crippen LogP contribution < -0.4 is 15.2 Å². The Balaban J connectivity index is 2.50. The van der Waals surface area contributed by atoms with Crippen molar-refractivity contribution in [2.45, 2.75) is 19.4 Å². The molecule has 0 fully saturated rings. The van der Waals surface area contributed by atoms with Gasteiger partial charge in [0.2, 0.25) is 6.79 Å². The molecule has 5 nitrogen and oxygen atoms in total. The van der Waals surface area contributed by atoms with Crippen LogP contribution in [0.15, 0.2) is 12.1 Å². The highest BCUT2D eigenvalue weighted by Crippen LogP contribution is 2.39. The molecule has 0 bridgehead atoms. The van der Waals surface area contributed by atoms with Gasteiger partial charge in [0, 0.05) is 5.56 Å². The lowest BCUT2D eigenvalue weighted by Crippen LogP contribution is -2.22. The molecule has 5 heteroatoms. The van der Waals surface area contributed by atoms with E-state index >= 15 is 0 Å². The van der Waals surface area contributed by atoms with Gasteiger partial charge < -0.3 is 20.3 Å². The molecular formula is C11H13NO4. The van der Waals surface area contributed by atoms with Crippen molar-refractivity contribution in [3.8, 4) is 11.5 Å². The number of hydrogen-bond acceptors (Lipinski definition) is 4. The molecule has 0 spiro atoms. The smallest absolute Gasteiger partial charge is 0.325 e. The first-order valence-electron chi connectivity index (χ1n) is 5.05. The van der Waals surface area contributed by atoms with Gasteiger partial charge in [-0.25, -0.2) is 0 Å². The number of rotatable bonds is 3. The van der Waals surface area contributed by atoms with E-state index < -0.39 is 12.0 Å². The maximum Gasteiger partial charge on any atom is 0.325 e.